The third kappa shape index (κ3) is 7.65. The number of para-hydroxylation sites is 1. The number of hydrogen-bond donors (Lipinski definition) is 1. The van der Waals surface area contributed by atoms with Gasteiger partial charge < -0.3 is 15.0 Å². The molecule has 3 atom stereocenters. The number of alkyl halides is 3. The van der Waals surface area contributed by atoms with E-state index in [9.17, 15) is 37.2 Å². The molecular weight excluding hydrogens is 694 g/mol. The minimum absolute atomic E-state index is 0.0558. The first-order valence-electron chi connectivity index (χ1n) is 17.1. The minimum Gasteiger partial charge on any atom is -0.379 e. The van der Waals surface area contributed by atoms with Crippen LogP contribution in [-0.2, 0) is 15.7 Å². The number of nitriles is 1. The molecule has 0 aliphatic carbocycles. The van der Waals surface area contributed by atoms with Crippen LogP contribution in [0.4, 0.5) is 23.4 Å². The molecule has 0 radical (unpaired) electrons. The smallest absolute Gasteiger partial charge is 0.379 e. The fraction of sp³-hybridized carbons (Fsp3) is 0.342. The number of amides is 3. The van der Waals surface area contributed by atoms with Crippen molar-refractivity contribution in [1.29, 1.82) is 5.26 Å². The quantitative estimate of drug-likeness (QED) is 0.228. The minimum atomic E-state index is -4.72. The fourth-order valence-electron chi connectivity index (χ4n) is 6.78. The van der Waals surface area contributed by atoms with E-state index in [0.717, 1.165) is 12.1 Å². The van der Waals surface area contributed by atoms with Crippen LogP contribution in [-0.4, -0.2) is 95.8 Å². The summed E-state index contributed by atoms with van der Waals surface area (Å²) in [5.74, 6) is -3.74. The highest BCUT2D eigenvalue weighted by atomic mass is 19.4. The van der Waals surface area contributed by atoms with Crippen molar-refractivity contribution in [2.24, 2.45) is 0 Å². The zero-order valence-electron chi connectivity index (χ0n) is 29.0. The first-order chi connectivity index (χ1) is 25.4. The lowest BCUT2D eigenvalue weighted by molar-refractivity contribution is -0.137. The van der Waals surface area contributed by atoms with Crippen molar-refractivity contribution in [3.8, 4) is 11.8 Å². The SMILES string of the molecule is CCN1C(=O)[C@@H](NC(=O)c2cccc(C(F)(F)F)c2)[C@@H](c2ccc(F)cc2)c2c(C(=O)N(C)[C@@H](C#N)CCN3CCOCC3)nn(-c3ccccc3)c21. The third-order valence-corrected chi connectivity index (χ3v) is 9.58. The Balaban J connectivity index is 1.49. The van der Waals surface area contributed by atoms with Crippen molar-refractivity contribution in [2.45, 2.75) is 37.5 Å². The molecule has 0 unspecified atom stereocenters. The van der Waals surface area contributed by atoms with Crippen molar-refractivity contribution in [1.82, 2.24) is 24.9 Å². The van der Waals surface area contributed by atoms with Crippen LogP contribution in [0.5, 0.6) is 0 Å². The highest BCUT2D eigenvalue weighted by Gasteiger charge is 2.48. The number of carbonyl (C=O) groups excluding carboxylic acids is 3. The summed E-state index contributed by atoms with van der Waals surface area (Å²) in [6, 6.07) is 17.6. The second-order valence-electron chi connectivity index (χ2n) is 12.8. The van der Waals surface area contributed by atoms with E-state index in [1.807, 2.05) is 0 Å². The van der Waals surface area contributed by atoms with E-state index < -0.39 is 53.3 Å². The topological polar surface area (TPSA) is 124 Å². The Hall–Kier alpha value is -5.59. The van der Waals surface area contributed by atoms with Crippen LogP contribution >= 0.6 is 0 Å². The number of nitrogens with one attached hydrogen (secondary N) is 1. The van der Waals surface area contributed by atoms with E-state index in [-0.39, 0.29) is 29.2 Å². The molecule has 1 aromatic heterocycles. The summed E-state index contributed by atoms with van der Waals surface area (Å²) >= 11 is 0. The lowest BCUT2D eigenvalue weighted by Gasteiger charge is -2.38. The summed E-state index contributed by atoms with van der Waals surface area (Å²) in [7, 11) is 1.49. The lowest BCUT2D eigenvalue weighted by Crippen LogP contribution is -2.55. The van der Waals surface area contributed by atoms with Crippen molar-refractivity contribution in [3.63, 3.8) is 0 Å². The highest BCUT2D eigenvalue weighted by molar-refractivity contribution is 6.07. The van der Waals surface area contributed by atoms with Crippen molar-refractivity contribution < 1.29 is 36.7 Å². The average molecular weight is 732 g/mol. The number of carbonyl (C=O) groups is 3. The molecule has 1 N–H and O–H groups in total. The molecule has 0 spiro atoms. The summed E-state index contributed by atoms with van der Waals surface area (Å²) in [5.41, 5.74) is -0.444. The van der Waals surface area contributed by atoms with Crippen LogP contribution in [0.25, 0.3) is 5.69 Å². The zero-order valence-corrected chi connectivity index (χ0v) is 29.0. The highest BCUT2D eigenvalue weighted by Crippen LogP contribution is 2.44. The van der Waals surface area contributed by atoms with Crippen LogP contribution in [0.2, 0.25) is 0 Å². The van der Waals surface area contributed by atoms with Gasteiger partial charge in [-0.1, -0.05) is 36.4 Å². The van der Waals surface area contributed by atoms with Gasteiger partial charge in [0.15, 0.2) is 5.69 Å². The normalized spacial score (nSPS) is 18.2. The Morgan fingerprint density at radius 1 is 1.06 bits per heavy atom. The van der Waals surface area contributed by atoms with E-state index in [1.165, 1.54) is 51.9 Å². The molecule has 3 heterocycles. The third-order valence-electron chi connectivity index (χ3n) is 9.58. The number of likely N-dealkylation sites (N-methyl/N-ethyl adjacent to an activating group) is 1. The molecule has 4 aromatic rings. The molecule has 0 bridgehead atoms. The number of halogens is 4. The molecule has 0 saturated carbocycles. The van der Waals surface area contributed by atoms with E-state index in [1.54, 1.807) is 37.3 Å². The number of nitrogens with zero attached hydrogens (tertiary/aromatic N) is 6. The summed E-state index contributed by atoms with van der Waals surface area (Å²) in [5, 5.41) is 17.6. The summed E-state index contributed by atoms with van der Waals surface area (Å²) in [4.78, 5) is 47.6. The summed E-state index contributed by atoms with van der Waals surface area (Å²) in [6.07, 6.45) is -4.39. The fourth-order valence-corrected chi connectivity index (χ4v) is 6.78. The standard InChI is InChI=1S/C38H37F4N7O4/c1-3-48-35-31(30(24-12-14-27(39)15-13-24)32(37(48)52)44-34(50)25-8-7-9-26(22-25)38(40,41)42)33(45-49(35)28-10-5-4-6-11-28)36(51)46(2)29(23-43)16-17-47-18-20-53-21-19-47/h4-15,22,29-30,32H,3,16-21H2,1-2H3,(H,44,50)/t29-,30+,32+/m1/s1. The largest absolute Gasteiger partial charge is 0.416 e. The van der Waals surface area contributed by atoms with Crippen LogP contribution in [0.1, 0.15) is 56.8 Å². The maximum atomic E-state index is 14.6. The second kappa shape index (κ2) is 15.6. The van der Waals surface area contributed by atoms with Gasteiger partial charge in [0.25, 0.3) is 17.7 Å². The Morgan fingerprint density at radius 2 is 1.75 bits per heavy atom. The van der Waals surface area contributed by atoms with Crippen LogP contribution in [0.15, 0.2) is 78.9 Å². The van der Waals surface area contributed by atoms with E-state index >= 15 is 0 Å². The Kier molecular flexibility index (Phi) is 10.9. The van der Waals surface area contributed by atoms with Gasteiger partial charge in [-0.05, 0) is 61.4 Å². The monoisotopic (exact) mass is 731 g/mol. The average Bonchev–Trinajstić information content (AvgIpc) is 3.56. The molecule has 3 amide bonds. The molecule has 1 fully saturated rings. The summed E-state index contributed by atoms with van der Waals surface area (Å²) in [6.45, 7) is 4.81. The Morgan fingerprint density at radius 3 is 2.40 bits per heavy atom. The molecule has 53 heavy (non-hydrogen) atoms. The molecule has 15 heteroatoms. The van der Waals surface area contributed by atoms with Gasteiger partial charge in [0, 0.05) is 50.3 Å². The number of benzene rings is 3. The molecular formula is C38H37F4N7O4. The van der Waals surface area contributed by atoms with Crippen molar-refractivity contribution in [2.75, 3.05) is 51.3 Å². The number of aromatic nitrogens is 2. The first kappa shape index (κ1) is 37.2. The number of fused-ring (bicyclic) bond motifs is 1. The van der Waals surface area contributed by atoms with Gasteiger partial charge in [-0.2, -0.15) is 23.5 Å². The zero-order chi connectivity index (χ0) is 37.9. The molecule has 2 aliphatic heterocycles. The second-order valence-corrected chi connectivity index (χ2v) is 12.8. The molecule has 276 valence electrons. The van der Waals surface area contributed by atoms with Crippen molar-refractivity contribution in [3.05, 3.63) is 113 Å². The van der Waals surface area contributed by atoms with Gasteiger partial charge in [-0.15, -0.1) is 0 Å². The number of anilines is 1. The van der Waals surface area contributed by atoms with Gasteiger partial charge >= 0.3 is 6.18 Å². The van der Waals surface area contributed by atoms with Crippen molar-refractivity contribution >= 4 is 23.5 Å². The van der Waals surface area contributed by atoms with Gasteiger partial charge in [-0.25, -0.2) is 9.07 Å². The molecule has 1 saturated heterocycles. The Bertz CT molecular complexity index is 2010. The lowest BCUT2D eigenvalue weighted by atomic mass is 9.80. The van der Waals surface area contributed by atoms with E-state index in [0.29, 0.717) is 56.6 Å². The van der Waals surface area contributed by atoms with Gasteiger partial charge in [0.2, 0.25) is 0 Å². The molecule has 11 nitrogen and oxygen atoms in total. The number of rotatable bonds is 10. The Labute approximate surface area is 303 Å². The maximum absolute atomic E-state index is 14.6. The maximum Gasteiger partial charge on any atom is 0.416 e. The van der Waals surface area contributed by atoms with Gasteiger partial charge in [0.1, 0.15) is 23.7 Å². The van der Waals surface area contributed by atoms with Gasteiger partial charge in [-0.3, -0.25) is 24.2 Å². The van der Waals surface area contributed by atoms with Crippen LogP contribution in [0, 0.1) is 17.1 Å². The van der Waals surface area contributed by atoms with Gasteiger partial charge in [0.05, 0.1) is 30.5 Å². The van der Waals surface area contributed by atoms with Crippen LogP contribution < -0.4 is 10.2 Å². The predicted octanol–water partition coefficient (Wildman–Crippen LogP) is 5.01. The number of morpholine rings is 1. The molecule has 2 aliphatic rings. The molecule has 3 aromatic carbocycles. The van der Waals surface area contributed by atoms with E-state index in [4.69, 9.17) is 9.84 Å². The summed E-state index contributed by atoms with van der Waals surface area (Å²) < 4.78 is 62.0. The number of hydrogen-bond acceptors (Lipinski definition) is 7. The number of ether oxygens (including phenoxy) is 1. The predicted molar refractivity (Wildman–Crippen MR) is 186 cm³/mol. The molecule has 6 rings (SSSR count). The van der Waals surface area contributed by atoms with Crippen LogP contribution in [0.3, 0.4) is 0 Å². The first-order valence-corrected chi connectivity index (χ1v) is 17.1. The van der Waals surface area contributed by atoms with E-state index in [2.05, 4.69) is 16.3 Å².